The lowest BCUT2D eigenvalue weighted by molar-refractivity contribution is 0.364. The fourth-order valence-corrected chi connectivity index (χ4v) is 5.36. The molecule has 4 rings (SSSR count). The molecule has 28 heavy (non-hydrogen) atoms. The molecule has 0 aliphatic carbocycles. The number of halogens is 2. The van der Waals surface area contributed by atoms with Crippen molar-refractivity contribution in [2.24, 2.45) is 0 Å². The van der Waals surface area contributed by atoms with Gasteiger partial charge in [-0.05, 0) is 41.8 Å². The second kappa shape index (κ2) is 7.15. The van der Waals surface area contributed by atoms with E-state index in [0.29, 0.717) is 28.0 Å². The monoisotopic (exact) mass is 439 g/mol. The summed E-state index contributed by atoms with van der Waals surface area (Å²) in [6.07, 6.45) is 0. The van der Waals surface area contributed by atoms with Crippen molar-refractivity contribution >= 4 is 50.0 Å². The number of aromatic amines is 1. The van der Waals surface area contributed by atoms with E-state index < -0.39 is 10.2 Å². The number of ether oxygens (including phenoxy) is 1. The third-order valence-electron chi connectivity index (χ3n) is 4.88. The predicted molar refractivity (Wildman–Crippen MR) is 113 cm³/mol. The van der Waals surface area contributed by atoms with Crippen LogP contribution < -0.4 is 9.46 Å². The molecule has 148 valence electrons. The molecule has 1 aliphatic rings. The molecule has 6 nitrogen and oxygen atoms in total. The Balaban J connectivity index is 1.65. The first-order valence-electron chi connectivity index (χ1n) is 8.69. The summed E-state index contributed by atoms with van der Waals surface area (Å²) >= 11 is 12.2. The second-order valence-corrected chi connectivity index (χ2v) is 9.43. The molecule has 1 aliphatic heterocycles. The summed E-state index contributed by atoms with van der Waals surface area (Å²) in [4.78, 5) is 3.33. The number of nitrogens with zero attached hydrogens (tertiary/aromatic N) is 1. The predicted octanol–water partition coefficient (Wildman–Crippen LogP) is 4.76. The van der Waals surface area contributed by atoms with Gasteiger partial charge in [0.05, 0.1) is 19.3 Å². The molecule has 1 aromatic heterocycles. The third kappa shape index (κ3) is 3.55. The highest BCUT2D eigenvalue weighted by Crippen LogP contribution is 2.37. The zero-order valence-corrected chi connectivity index (χ0v) is 17.6. The van der Waals surface area contributed by atoms with Gasteiger partial charge in [0, 0.05) is 39.3 Å². The van der Waals surface area contributed by atoms with E-state index >= 15 is 0 Å². The van der Waals surface area contributed by atoms with Crippen molar-refractivity contribution in [1.82, 2.24) is 9.29 Å². The van der Waals surface area contributed by atoms with Crippen molar-refractivity contribution in [3.63, 3.8) is 0 Å². The average molecular weight is 440 g/mol. The molecule has 3 aromatic rings. The molecule has 0 saturated carbocycles. The van der Waals surface area contributed by atoms with Crippen LogP contribution in [0.1, 0.15) is 24.1 Å². The van der Waals surface area contributed by atoms with E-state index in [9.17, 15) is 8.42 Å². The minimum Gasteiger partial charge on any atom is -0.497 e. The molecule has 0 radical (unpaired) electrons. The highest BCUT2D eigenvalue weighted by Gasteiger charge is 2.33. The SMILES string of the molecule is COc1cc(Cl)cc(NS(=O)(=O)N2Cc3[nH]c4ccc(Cl)cc4c3C(C)C2)c1. The third-order valence-corrected chi connectivity index (χ3v) is 6.79. The minimum absolute atomic E-state index is 0.0152. The summed E-state index contributed by atoms with van der Waals surface area (Å²) in [5, 5.41) is 2.09. The van der Waals surface area contributed by atoms with Gasteiger partial charge in [-0.3, -0.25) is 4.72 Å². The van der Waals surface area contributed by atoms with E-state index in [4.69, 9.17) is 27.9 Å². The lowest BCUT2D eigenvalue weighted by Crippen LogP contribution is -2.40. The first-order chi connectivity index (χ1) is 13.3. The van der Waals surface area contributed by atoms with Crippen LogP contribution in [0.4, 0.5) is 5.69 Å². The highest BCUT2D eigenvalue weighted by atomic mass is 35.5. The molecule has 0 spiro atoms. The van der Waals surface area contributed by atoms with E-state index in [1.807, 2.05) is 25.1 Å². The Morgan fingerprint density at radius 2 is 1.96 bits per heavy atom. The fraction of sp³-hybridized carbons (Fsp3) is 0.263. The second-order valence-electron chi connectivity index (χ2n) is 6.89. The summed E-state index contributed by atoms with van der Waals surface area (Å²) < 4.78 is 35.1. The first kappa shape index (κ1) is 19.4. The van der Waals surface area contributed by atoms with Gasteiger partial charge < -0.3 is 9.72 Å². The van der Waals surface area contributed by atoms with Gasteiger partial charge in [-0.15, -0.1) is 0 Å². The van der Waals surface area contributed by atoms with Crippen LogP contribution in [0.25, 0.3) is 10.9 Å². The van der Waals surface area contributed by atoms with Gasteiger partial charge in [-0.2, -0.15) is 12.7 Å². The van der Waals surface area contributed by atoms with Crippen LogP contribution in [0, 0.1) is 0 Å². The number of nitrogens with one attached hydrogen (secondary N) is 2. The van der Waals surface area contributed by atoms with Crippen LogP contribution in [0.5, 0.6) is 5.75 Å². The van der Waals surface area contributed by atoms with Gasteiger partial charge in [-0.25, -0.2) is 0 Å². The molecule has 0 amide bonds. The van der Waals surface area contributed by atoms with Crippen LogP contribution in [0.3, 0.4) is 0 Å². The van der Waals surface area contributed by atoms with Crippen LogP contribution >= 0.6 is 23.2 Å². The Labute approximate surface area is 173 Å². The summed E-state index contributed by atoms with van der Waals surface area (Å²) in [7, 11) is -2.28. The van der Waals surface area contributed by atoms with E-state index in [1.165, 1.54) is 11.4 Å². The summed E-state index contributed by atoms with van der Waals surface area (Å²) in [5.41, 5.74) is 3.30. The molecule has 0 bridgehead atoms. The van der Waals surface area contributed by atoms with E-state index in [2.05, 4.69) is 9.71 Å². The number of benzene rings is 2. The highest BCUT2D eigenvalue weighted by molar-refractivity contribution is 7.90. The van der Waals surface area contributed by atoms with Crippen molar-refractivity contribution in [3.8, 4) is 5.75 Å². The maximum absolute atomic E-state index is 13.0. The van der Waals surface area contributed by atoms with Gasteiger partial charge >= 0.3 is 10.2 Å². The average Bonchev–Trinajstić information content (AvgIpc) is 2.98. The Kier molecular flexibility index (Phi) is 4.95. The summed E-state index contributed by atoms with van der Waals surface area (Å²) in [6, 6.07) is 10.4. The Morgan fingerprint density at radius 1 is 1.18 bits per heavy atom. The van der Waals surface area contributed by atoms with Gasteiger partial charge in [-0.1, -0.05) is 30.1 Å². The number of hydrogen-bond donors (Lipinski definition) is 2. The lowest BCUT2D eigenvalue weighted by atomic mass is 9.95. The Bertz CT molecular complexity index is 1160. The van der Waals surface area contributed by atoms with Crippen molar-refractivity contribution < 1.29 is 13.2 Å². The minimum atomic E-state index is -3.78. The lowest BCUT2D eigenvalue weighted by Gasteiger charge is -2.30. The van der Waals surface area contributed by atoms with Crippen molar-refractivity contribution in [2.45, 2.75) is 19.4 Å². The smallest absolute Gasteiger partial charge is 0.302 e. The van der Waals surface area contributed by atoms with Gasteiger partial charge in [0.1, 0.15) is 5.75 Å². The number of rotatable bonds is 4. The van der Waals surface area contributed by atoms with Crippen LogP contribution in [-0.4, -0.2) is 31.4 Å². The topological polar surface area (TPSA) is 74.4 Å². The molecule has 0 saturated heterocycles. The molecule has 2 N–H and O–H groups in total. The number of fused-ring (bicyclic) bond motifs is 3. The number of anilines is 1. The maximum atomic E-state index is 13.0. The molecular weight excluding hydrogens is 421 g/mol. The van der Waals surface area contributed by atoms with Crippen LogP contribution in [0.15, 0.2) is 36.4 Å². The fourth-order valence-electron chi connectivity index (χ4n) is 3.70. The van der Waals surface area contributed by atoms with Crippen molar-refractivity contribution in [2.75, 3.05) is 18.4 Å². The zero-order valence-electron chi connectivity index (χ0n) is 15.3. The molecule has 1 unspecified atom stereocenters. The van der Waals surface area contributed by atoms with E-state index in [1.54, 1.807) is 18.2 Å². The number of aromatic nitrogens is 1. The Morgan fingerprint density at radius 3 is 2.71 bits per heavy atom. The van der Waals surface area contributed by atoms with E-state index in [-0.39, 0.29) is 12.5 Å². The molecule has 9 heteroatoms. The first-order valence-corrected chi connectivity index (χ1v) is 10.9. The standard InChI is InChI=1S/C19H19Cl2N3O3S/c1-11-9-24(10-18-19(11)16-7-12(20)3-4-17(16)22-18)28(25,26)23-14-5-13(21)6-15(8-14)27-2/h3-8,11,22-23H,9-10H2,1-2H3. The largest absolute Gasteiger partial charge is 0.497 e. The zero-order chi connectivity index (χ0) is 20.1. The van der Waals surface area contributed by atoms with Crippen molar-refractivity contribution in [3.05, 3.63) is 57.7 Å². The number of H-pyrrole nitrogens is 1. The molecule has 0 fully saturated rings. The van der Waals surface area contributed by atoms with Gasteiger partial charge in [0.15, 0.2) is 0 Å². The summed E-state index contributed by atoms with van der Waals surface area (Å²) in [6.45, 7) is 2.62. The maximum Gasteiger partial charge on any atom is 0.302 e. The summed E-state index contributed by atoms with van der Waals surface area (Å²) in [5.74, 6) is 0.494. The van der Waals surface area contributed by atoms with Crippen LogP contribution in [0.2, 0.25) is 10.0 Å². The Hall–Kier alpha value is -1.93. The molecule has 2 heterocycles. The number of hydrogen-bond acceptors (Lipinski definition) is 3. The molecule has 1 atom stereocenters. The number of methoxy groups -OCH3 is 1. The van der Waals surface area contributed by atoms with Gasteiger partial charge in [0.2, 0.25) is 0 Å². The van der Waals surface area contributed by atoms with Crippen LogP contribution in [-0.2, 0) is 16.8 Å². The molecular formula is C19H19Cl2N3O3S. The van der Waals surface area contributed by atoms with Gasteiger partial charge in [0.25, 0.3) is 0 Å². The van der Waals surface area contributed by atoms with E-state index in [0.717, 1.165) is 22.2 Å². The quantitative estimate of drug-likeness (QED) is 0.615. The van der Waals surface area contributed by atoms with Crippen molar-refractivity contribution in [1.29, 1.82) is 0 Å². The molecule has 2 aromatic carbocycles. The normalized spacial score (nSPS) is 17.5.